The number of nitrogens with zero attached hydrogens (tertiary/aromatic N) is 1. The van der Waals surface area contributed by atoms with Crippen molar-refractivity contribution < 1.29 is 23.4 Å². The lowest BCUT2D eigenvalue weighted by atomic mass is 10.2. The van der Waals surface area contributed by atoms with Crippen LogP contribution >= 0.6 is 0 Å². The summed E-state index contributed by atoms with van der Waals surface area (Å²) in [6.07, 6.45) is 0. The molecule has 1 aromatic heterocycles. The van der Waals surface area contributed by atoms with E-state index in [0.29, 0.717) is 0 Å². The number of alkyl halides is 2. The molecule has 1 N–H and O–H groups in total. The molecule has 0 aliphatic carbocycles. The van der Waals surface area contributed by atoms with Crippen LogP contribution in [0.2, 0.25) is 0 Å². The van der Waals surface area contributed by atoms with Crippen LogP contribution in [-0.4, -0.2) is 29.4 Å². The maximum absolute atomic E-state index is 13.1. The fourth-order valence-corrected chi connectivity index (χ4v) is 1.27. The topological polar surface area (TPSA) is 51.5 Å². The molecule has 0 saturated carbocycles. The Labute approximate surface area is 85.1 Å². The molecular formula is C9H11F2NO3. The predicted octanol–water partition coefficient (Wildman–Crippen LogP) is 0.896. The third kappa shape index (κ3) is 1.99. The first-order chi connectivity index (χ1) is 6.94. The van der Waals surface area contributed by atoms with Gasteiger partial charge in [0.25, 0.3) is 0 Å². The molecule has 1 heterocycles. The van der Waals surface area contributed by atoms with Gasteiger partial charge in [0.15, 0.2) is 0 Å². The first-order valence-corrected chi connectivity index (χ1v) is 4.17. The minimum absolute atomic E-state index is 0.0145. The molecule has 1 rings (SSSR count). The van der Waals surface area contributed by atoms with Gasteiger partial charge in [-0.3, -0.25) is 0 Å². The first-order valence-electron chi connectivity index (χ1n) is 4.17. The molecule has 0 aromatic carbocycles. The van der Waals surface area contributed by atoms with Crippen LogP contribution in [-0.2, 0) is 17.7 Å². The van der Waals surface area contributed by atoms with Gasteiger partial charge in [-0.1, -0.05) is 0 Å². The monoisotopic (exact) mass is 219 g/mol. The highest BCUT2D eigenvalue weighted by Crippen LogP contribution is 2.28. The molecule has 0 saturated heterocycles. The summed E-state index contributed by atoms with van der Waals surface area (Å²) in [7, 11) is 2.48. The Hall–Kier alpha value is -1.43. The van der Waals surface area contributed by atoms with E-state index in [1.54, 1.807) is 0 Å². The van der Waals surface area contributed by atoms with Crippen LogP contribution in [0.3, 0.4) is 0 Å². The van der Waals surface area contributed by atoms with Gasteiger partial charge in [0.1, 0.15) is 12.3 Å². The molecule has 4 nitrogen and oxygen atoms in total. The molecule has 0 aliphatic rings. The van der Waals surface area contributed by atoms with Gasteiger partial charge in [0.05, 0.1) is 12.8 Å². The minimum Gasteiger partial charge on any atom is -0.464 e. The van der Waals surface area contributed by atoms with Crippen molar-refractivity contribution >= 4 is 5.97 Å². The predicted molar refractivity (Wildman–Crippen MR) is 47.7 cm³/mol. The molecule has 6 heteroatoms. The number of ether oxygens (including phenoxy) is 1. The summed E-state index contributed by atoms with van der Waals surface area (Å²) in [5.41, 5.74) is -0.411. The van der Waals surface area contributed by atoms with E-state index in [2.05, 4.69) is 4.74 Å². The summed E-state index contributed by atoms with van der Waals surface area (Å²) in [6, 6.07) is 2.31. The zero-order chi connectivity index (χ0) is 11.6. The molecule has 0 bridgehead atoms. The van der Waals surface area contributed by atoms with E-state index in [9.17, 15) is 13.6 Å². The fourth-order valence-electron chi connectivity index (χ4n) is 1.27. The summed E-state index contributed by atoms with van der Waals surface area (Å²) in [5, 5.41) is 8.50. The van der Waals surface area contributed by atoms with Crippen molar-refractivity contribution in [2.24, 2.45) is 7.05 Å². The number of hydrogen-bond donors (Lipinski definition) is 1. The Morgan fingerprint density at radius 2 is 2.20 bits per heavy atom. The number of carbonyl (C=O) groups excluding carboxylic acids is 1. The van der Waals surface area contributed by atoms with Crippen molar-refractivity contribution in [3.8, 4) is 0 Å². The lowest BCUT2D eigenvalue weighted by Gasteiger charge is -2.14. The Balaban J connectivity index is 3.15. The molecule has 0 amide bonds. The van der Waals surface area contributed by atoms with Gasteiger partial charge in [-0.15, -0.1) is 0 Å². The molecular weight excluding hydrogens is 208 g/mol. The third-order valence-electron chi connectivity index (χ3n) is 2.09. The minimum atomic E-state index is -3.36. The highest BCUT2D eigenvalue weighted by molar-refractivity contribution is 5.87. The summed E-state index contributed by atoms with van der Waals surface area (Å²) in [5.74, 6) is -4.06. The average molecular weight is 219 g/mol. The standard InChI is InChI=1S/C9H11F2NO3/c1-12-6(8(14)15-2)3-4-7(12)9(10,11)5-13/h3-4,13H,5H2,1-2H3. The van der Waals surface area contributed by atoms with E-state index in [-0.39, 0.29) is 5.69 Å². The van der Waals surface area contributed by atoms with Gasteiger partial charge in [0.2, 0.25) is 0 Å². The molecule has 0 spiro atoms. The molecule has 84 valence electrons. The van der Waals surface area contributed by atoms with Crippen molar-refractivity contribution in [3.05, 3.63) is 23.5 Å². The zero-order valence-corrected chi connectivity index (χ0v) is 8.33. The summed E-state index contributed by atoms with van der Waals surface area (Å²) in [6.45, 7) is -1.30. The highest BCUT2D eigenvalue weighted by atomic mass is 19.3. The number of carbonyl (C=O) groups is 1. The average Bonchev–Trinajstić information content (AvgIpc) is 2.59. The van der Waals surface area contributed by atoms with Crippen molar-refractivity contribution in [1.82, 2.24) is 4.57 Å². The molecule has 15 heavy (non-hydrogen) atoms. The number of aliphatic hydroxyl groups excluding tert-OH is 1. The van der Waals surface area contributed by atoms with Gasteiger partial charge >= 0.3 is 11.9 Å². The molecule has 1 aromatic rings. The van der Waals surface area contributed by atoms with Crippen molar-refractivity contribution in [3.63, 3.8) is 0 Å². The normalized spacial score (nSPS) is 11.5. The van der Waals surface area contributed by atoms with E-state index in [1.165, 1.54) is 20.2 Å². The van der Waals surface area contributed by atoms with E-state index in [1.807, 2.05) is 0 Å². The Morgan fingerprint density at radius 3 is 2.67 bits per heavy atom. The lowest BCUT2D eigenvalue weighted by Crippen LogP contribution is -2.23. The van der Waals surface area contributed by atoms with Crippen LogP contribution in [0.1, 0.15) is 16.2 Å². The van der Waals surface area contributed by atoms with E-state index >= 15 is 0 Å². The molecule has 0 unspecified atom stereocenters. The summed E-state index contributed by atoms with van der Waals surface area (Å²) >= 11 is 0. The van der Waals surface area contributed by atoms with Crippen LogP contribution in [0.5, 0.6) is 0 Å². The van der Waals surface area contributed by atoms with E-state index in [4.69, 9.17) is 5.11 Å². The third-order valence-corrected chi connectivity index (χ3v) is 2.09. The van der Waals surface area contributed by atoms with Crippen LogP contribution in [0.25, 0.3) is 0 Å². The van der Waals surface area contributed by atoms with Gasteiger partial charge in [0, 0.05) is 7.05 Å². The Bertz CT molecular complexity index is 373. The zero-order valence-electron chi connectivity index (χ0n) is 8.33. The van der Waals surface area contributed by atoms with Gasteiger partial charge in [-0.05, 0) is 12.1 Å². The number of esters is 1. The number of rotatable bonds is 3. The second-order valence-electron chi connectivity index (χ2n) is 3.02. The van der Waals surface area contributed by atoms with Crippen LogP contribution in [0.4, 0.5) is 8.78 Å². The van der Waals surface area contributed by atoms with Crippen molar-refractivity contribution in [2.45, 2.75) is 5.92 Å². The van der Waals surface area contributed by atoms with Crippen molar-refractivity contribution in [2.75, 3.05) is 13.7 Å². The quantitative estimate of drug-likeness (QED) is 0.768. The number of hydrogen-bond acceptors (Lipinski definition) is 3. The van der Waals surface area contributed by atoms with Gasteiger partial charge in [-0.2, -0.15) is 8.78 Å². The molecule has 0 radical (unpaired) electrons. The second-order valence-corrected chi connectivity index (χ2v) is 3.02. The molecule has 0 atom stereocenters. The van der Waals surface area contributed by atoms with Gasteiger partial charge in [-0.25, -0.2) is 4.79 Å². The summed E-state index contributed by atoms with van der Waals surface area (Å²) in [4.78, 5) is 11.1. The molecule has 0 aliphatic heterocycles. The number of halogens is 2. The van der Waals surface area contributed by atoms with Crippen LogP contribution in [0.15, 0.2) is 12.1 Å². The first kappa shape index (κ1) is 11.6. The maximum Gasteiger partial charge on any atom is 0.354 e. The van der Waals surface area contributed by atoms with Gasteiger partial charge < -0.3 is 14.4 Å². The maximum atomic E-state index is 13.1. The lowest BCUT2D eigenvalue weighted by molar-refractivity contribution is -0.0614. The second kappa shape index (κ2) is 3.98. The highest BCUT2D eigenvalue weighted by Gasteiger charge is 2.34. The largest absolute Gasteiger partial charge is 0.464 e. The SMILES string of the molecule is COC(=O)c1ccc(C(F)(F)CO)n1C. The van der Waals surface area contributed by atoms with Crippen LogP contribution < -0.4 is 0 Å². The Morgan fingerprint density at radius 1 is 1.60 bits per heavy atom. The van der Waals surface area contributed by atoms with E-state index < -0.39 is 24.2 Å². The fraction of sp³-hybridized carbons (Fsp3) is 0.444. The summed E-state index contributed by atoms with van der Waals surface area (Å²) < 4.78 is 31.6. The Kier molecular flexibility index (Phi) is 3.09. The van der Waals surface area contributed by atoms with E-state index in [0.717, 1.165) is 10.6 Å². The number of aromatic nitrogens is 1. The number of methoxy groups -OCH3 is 1. The number of aliphatic hydroxyl groups is 1. The van der Waals surface area contributed by atoms with Crippen LogP contribution in [0, 0.1) is 0 Å². The molecule has 0 fully saturated rings. The van der Waals surface area contributed by atoms with Crippen molar-refractivity contribution in [1.29, 1.82) is 0 Å². The smallest absolute Gasteiger partial charge is 0.354 e.